The van der Waals surface area contributed by atoms with Gasteiger partial charge in [0.1, 0.15) is 24.4 Å². The molecular weight excluding hydrogens is 707 g/mol. The molecule has 0 aromatic carbocycles. The van der Waals surface area contributed by atoms with Gasteiger partial charge in [0.15, 0.2) is 6.29 Å². The summed E-state index contributed by atoms with van der Waals surface area (Å²) in [4.78, 5) is 12.9. The van der Waals surface area contributed by atoms with Crippen molar-refractivity contribution < 1.29 is 39.8 Å². The lowest BCUT2D eigenvalue weighted by atomic mass is 9.99. The van der Waals surface area contributed by atoms with Crippen LogP contribution in [0, 0.1) is 0 Å². The van der Waals surface area contributed by atoms with E-state index in [0.717, 1.165) is 25.7 Å². The zero-order valence-electron chi connectivity index (χ0n) is 35.9. The molecule has 7 unspecified atom stereocenters. The van der Waals surface area contributed by atoms with Gasteiger partial charge in [-0.15, -0.1) is 0 Å². The van der Waals surface area contributed by atoms with Gasteiger partial charge in [-0.2, -0.15) is 0 Å². The first-order valence-corrected chi connectivity index (χ1v) is 23.2. The van der Waals surface area contributed by atoms with E-state index in [1.54, 1.807) is 6.08 Å². The second-order valence-corrected chi connectivity index (χ2v) is 16.2. The van der Waals surface area contributed by atoms with Crippen LogP contribution in [-0.4, -0.2) is 87.5 Å². The van der Waals surface area contributed by atoms with Gasteiger partial charge < -0.3 is 40.3 Å². The Morgan fingerprint density at radius 3 is 1.54 bits per heavy atom. The standard InChI is InChI=1S/C47H87NO8/c1-3-5-7-9-11-13-15-17-18-19-20-21-22-23-25-27-29-31-33-35-37-43(51)48-40(39-55-47-46(54)45(53)44(52)42(38-49)56-47)41(50)36-34-32-30-28-26-24-16-14-12-10-8-6-4-2/h17-18,28,30,34,36,40-42,44-47,49-50,52-54H,3-16,19-27,29,31-33,35,37-39H2,1-2H3,(H,48,51). The first-order valence-electron chi connectivity index (χ1n) is 23.2. The van der Waals surface area contributed by atoms with Crippen molar-refractivity contribution >= 4 is 5.91 Å². The van der Waals surface area contributed by atoms with Crippen LogP contribution in [0.5, 0.6) is 0 Å². The lowest BCUT2D eigenvalue weighted by Gasteiger charge is -2.40. The van der Waals surface area contributed by atoms with E-state index in [4.69, 9.17) is 9.47 Å². The van der Waals surface area contributed by atoms with E-state index in [1.807, 2.05) is 6.08 Å². The summed E-state index contributed by atoms with van der Waals surface area (Å²) >= 11 is 0. The Hall–Kier alpha value is -1.59. The van der Waals surface area contributed by atoms with Crippen molar-refractivity contribution in [2.45, 2.75) is 243 Å². The first kappa shape index (κ1) is 52.4. The fraction of sp³-hybridized carbons (Fsp3) is 0.851. The Balaban J connectivity index is 2.34. The molecule has 0 spiro atoms. The molecule has 0 aliphatic carbocycles. The molecule has 1 rings (SSSR count). The van der Waals surface area contributed by atoms with Crippen molar-refractivity contribution in [1.82, 2.24) is 5.32 Å². The number of aliphatic hydroxyl groups is 5. The number of nitrogens with one attached hydrogen (secondary N) is 1. The normalized spacial score (nSPS) is 21.4. The predicted octanol–water partition coefficient (Wildman–Crippen LogP) is 9.67. The largest absolute Gasteiger partial charge is 0.394 e. The van der Waals surface area contributed by atoms with Crippen molar-refractivity contribution in [3.63, 3.8) is 0 Å². The highest BCUT2D eigenvalue weighted by molar-refractivity contribution is 5.76. The molecule has 0 saturated carbocycles. The van der Waals surface area contributed by atoms with E-state index in [9.17, 15) is 30.3 Å². The monoisotopic (exact) mass is 794 g/mol. The smallest absolute Gasteiger partial charge is 0.220 e. The van der Waals surface area contributed by atoms with Gasteiger partial charge in [-0.05, 0) is 51.4 Å². The lowest BCUT2D eigenvalue weighted by Crippen LogP contribution is -2.60. The van der Waals surface area contributed by atoms with Gasteiger partial charge in [-0.1, -0.05) is 179 Å². The number of allylic oxidation sites excluding steroid dienone is 5. The molecule has 6 N–H and O–H groups in total. The molecule has 9 heteroatoms. The molecule has 1 amide bonds. The lowest BCUT2D eigenvalue weighted by molar-refractivity contribution is -0.302. The maximum Gasteiger partial charge on any atom is 0.220 e. The van der Waals surface area contributed by atoms with Crippen LogP contribution < -0.4 is 5.32 Å². The molecule has 1 aliphatic rings. The molecule has 9 nitrogen and oxygen atoms in total. The summed E-state index contributed by atoms with van der Waals surface area (Å²) < 4.78 is 11.2. The Morgan fingerprint density at radius 1 is 0.607 bits per heavy atom. The number of rotatable bonds is 38. The van der Waals surface area contributed by atoms with Crippen molar-refractivity contribution in [2.75, 3.05) is 13.2 Å². The Morgan fingerprint density at radius 2 is 1.05 bits per heavy atom. The van der Waals surface area contributed by atoms with E-state index < -0.39 is 49.5 Å². The Bertz CT molecular complexity index is 972. The maximum absolute atomic E-state index is 12.9. The maximum atomic E-state index is 12.9. The molecule has 0 aromatic rings. The zero-order chi connectivity index (χ0) is 40.9. The van der Waals surface area contributed by atoms with Crippen LogP contribution >= 0.6 is 0 Å². The van der Waals surface area contributed by atoms with Crippen LogP contribution in [0.25, 0.3) is 0 Å². The third-order valence-electron chi connectivity index (χ3n) is 11.0. The minimum atomic E-state index is -1.57. The van der Waals surface area contributed by atoms with Gasteiger partial charge in [0.05, 0.1) is 25.4 Å². The van der Waals surface area contributed by atoms with Crippen LogP contribution in [0.4, 0.5) is 0 Å². The third kappa shape index (κ3) is 27.9. The van der Waals surface area contributed by atoms with Gasteiger partial charge in [0.25, 0.3) is 0 Å². The highest BCUT2D eigenvalue weighted by Gasteiger charge is 2.44. The summed E-state index contributed by atoms with van der Waals surface area (Å²) in [5.74, 6) is -0.192. The van der Waals surface area contributed by atoms with Crippen LogP contribution in [0.2, 0.25) is 0 Å². The SMILES string of the molecule is CCCCCCCCC=CCCCCCCCCCCCCC(=O)NC(COC1OC(CO)C(O)C(O)C1O)C(O)C=CCC=CCCCCCCCCCC. The number of hydrogen-bond acceptors (Lipinski definition) is 8. The molecule has 0 aromatic heterocycles. The zero-order valence-corrected chi connectivity index (χ0v) is 35.9. The predicted molar refractivity (Wildman–Crippen MR) is 230 cm³/mol. The van der Waals surface area contributed by atoms with E-state index in [0.29, 0.717) is 12.8 Å². The summed E-state index contributed by atoms with van der Waals surface area (Å²) in [5, 5.41) is 54.1. The highest BCUT2D eigenvalue weighted by atomic mass is 16.7. The minimum absolute atomic E-state index is 0.192. The number of carbonyl (C=O) groups is 1. The summed E-state index contributed by atoms with van der Waals surface area (Å²) in [6.07, 6.45) is 39.1. The second-order valence-electron chi connectivity index (χ2n) is 16.2. The average Bonchev–Trinajstić information content (AvgIpc) is 3.20. The average molecular weight is 794 g/mol. The molecule has 1 aliphatic heterocycles. The molecule has 1 heterocycles. The van der Waals surface area contributed by atoms with Gasteiger partial charge in [-0.3, -0.25) is 4.79 Å². The second kappa shape index (κ2) is 37.7. The first-order chi connectivity index (χ1) is 27.3. The Kier molecular flexibility index (Phi) is 35.3. The van der Waals surface area contributed by atoms with Crippen molar-refractivity contribution in [3.05, 3.63) is 36.5 Å². The molecule has 1 saturated heterocycles. The molecule has 56 heavy (non-hydrogen) atoms. The minimum Gasteiger partial charge on any atom is -0.394 e. The highest BCUT2D eigenvalue weighted by Crippen LogP contribution is 2.22. The van der Waals surface area contributed by atoms with E-state index in [-0.39, 0.29) is 12.5 Å². The topological polar surface area (TPSA) is 149 Å². The van der Waals surface area contributed by atoms with Crippen molar-refractivity contribution in [1.29, 1.82) is 0 Å². The van der Waals surface area contributed by atoms with Crippen LogP contribution in [0.15, 0.2) is 36.5 Å². The van der Waals surface area contributed by atoms with E-state index in [2.05, 4.69) is 43.5 Å². The van der Waals surface area contributed by atoms with Crippen molar-refractivity contribution in [3.8, 4) is 0 Å². The van der Waals surface area contributed by atoms with E-state index in [1.165, 1.54) is 148 Å². The molecule has 7 atom stereocenters. The summed E-state index contributed by atoms with van der Waals surface area (Å²) in [6, 6.07) is -0.825. The number of carbonyl (C=O) groups excluding carboxylic acids is 1. The van der Waals surface area contributed by atoms with Gasteiger partial charge in [0.2, 0.25) is 5.91 Å². The summed E-state index contributed by atoms with van der Waals surface area (Å²) in [5.41, 5.74) is 0. The Labute approximate surface area is 342 Å². The van der Waals surface area contributed by atoms with Gasteiger partial charge in [-0.25, -0.2) is 0 Å². The molecule has 328 valence electrons. The van der Waals surface area contributed by atoms with Crippen LogP contribution in [0.3, 0.4) is 0 Å². The van der Waals surface area contributed by atoms with Crippen LogP contribution in [0.1, 0.15) is 200 Å². The molecular formula is C47H87NO8. The molecule has 1 fully saturated rings. The number of amides is 1. The fourth-order valence-corrected chi connectivity index (χ4v) is 7.19. The number of unbranched alkanes of at least 4 members (excludes halogenated alkanes) is 24. The quantitative estimate of drug-likeness (QED) is 0.0268. The van der Waals surface area contributed by atoms with Gasteiger partial charge in [0, 0.05) is 6.42 Å². The third-order valence-corrected chi connectivity index (χ3v) is 11.0. The van der Waals surface area contributed by atoms with Crippen molar-refractivity contribution in [2.24, 2.45) is 0 Å². The number of ether oxygens (including phenoxy) is 2. The van der Waals surface area contributed by atoms with Crippen LogP contribution in [-0.2, 0) is 14.3 Å². The number of aliphatic hydroxyl groups excluding tert-OH is 5. The molecule has 0 radical (unpaired) electrons. The van der Waals surface area contributed by atoms with E-state index >= 15 is 0 Å². The number of hydrogen-bond donors (Lipinski definition) is 6. The fourth-order valence-electron chi connectivity index (χ4n) is 7.19. The summed E-state index contributed by atoms with van der Waals surface area (Å²) in [6.45, 7) is 3.73. The van der Waals surface area contributed by atoms with Gasteiger partial charge >= 0.3 is 0 Å². The molecule has 0 bridgehead atoms. The summed E-state index contributed by atoms with van der Waals surface area (Å²) in [7, 11) is 0.